The smallest absolute Gasteiger partial charge is 0.0900 e. The molecule has 1 N–H and O–H groups in total. The lowest BCUT2D eigenvalue weighted by molar-refractivity contribution is 0.596. The van der Waals surface area contributed by atoms with Crippen LogP contribution in [0.3, 0.4) is 0 Å². The van der Waals surface area contributed by atoms with Gasteiger partial charge in [0.05, 0.1) is 10.7 Å². The minimum atomic E-state index is 0.580. The van der Waals surface area contributed by atoms with Crippen molar-refractivity contribution in [3.63, 3.8) is 0 Å². The van der Waals surface area contributed by atoms with E-state index in [1.54, 1.807) is 0 Å². The fraction of sp³-hybridized carbons (Fsp3) is 0.625. The van der Waals surface area contributed by atoms with Gasteiger partial charge in [-0.1, -0.05) is 0 Å². The highest BCUT2D eigenvalue weighted by Gasteiger charge is 2.24. The number of thiazole rings is 1. The highest BCUT2D eigenvalue weighted by molar-refractivity contribution is 7.11. The Morgan fingerprint density at radius 3 is 3.18 bits per heavy atom. The molecule has 11 heavy (non-hydrogen) atoms. The van der Waals surface area contributed by atoms with Crippen LogP contribution in [0.25, 0.3) is 0 Å². The van der Waals surface area contributed by atoms with Crippen LogP contribution < -0.4 is 5.32 Å². The van der Waals surface area contributed by atoms with Gasteiger partial charge in [-0.05, 0) is 26.8 Å². The average Bonchev–Trinajstić information content (AvgIpc) is 2.45. The molecule has 0 bridgehead atoms. The van der Waals surface area contributed by atoms with Crippen molar-refractivity contribution in [1.82, 2.24) is 10.3 Å². The van der Waals surface area contributed by atoms with Gasteiger partial charge in [0.15, 0.2) is 0 Å². The van der Waals surface area contributed by atoms with Gasteiger partial charge in [-0.15, -0.1) is 11.3 Å². The second kappa shape index (κ2) is 2.57. The zero-order valence-electron chi connectivity index (χ0n) is 6.85. The van der Waals surface area contributed by atoms with Crippen molar-refractivity contribution < 1.29 is 0 Å². The van der Waals surface area contributed by atoms with E-state index in [2.05, 4.69) is 17.2 Å². The van der Waals surface area contributed by atoms with E-state index >= 15 is 0 Å². The predicted molar refractivity (Wildman–Crippen MR) is 47.0 cm³/mol. The molecule has 1 aliphatic carbocycles. The first kappa shape index (κ1) is 7.25. The monoisotopic (exact) mass is 168 g/mol. The molecule has 0 saturated carbocycles. The van der Waals surface area contributed by atoms with Gasteiger partial charge >= 0.3 is 0 Å². The molecule has 0 radical (unpaired) electrons. The van der Waals surface area contributed by atoms with E-state index in [-0.39, 0.29) is 0 Å². The van der Waals surface area contributed by atoms with Gasteiger partial charge < -0.3 is 5.32 Å². The quantitative estimate of drug-likeness (QED) is 0.690. The maximum atomic E-state index is 4.47. The van der Waals surface area contributed by atoms with Gasteiger partial charge in [-0.2, -0.15) is 0 Å². The summed E-state index contributed by atoms with van der Waals surface area (Å²) in [6.07, 6.45) is 2.39. The second-order valence-corrected chi connectivity index (χ2v) is 4.16. The molecule has 1 aliphatic rings. The number of aromatic nitrogens is 1. The summed E-state index contributed by atoms with van der Waals surface area (Å²) in [7, 11) is 2.02. The van der Waals surface area contributed by atoms with Crippen molar-refractivity contribution in [3.05, 3.63) is 15.6 Å². The van der Waals surface area contributed by atoms with Crippen molar-refractivity contribution >= 4 is 11.3 Å². The second-order valence-electron chi connectivity index (χ2n) is 2.92. The van der Waals surface area contributed by atoms with Gasteiger partial charge in [-0.25, -0.2) is 4.98 Å². The highest BCUT2D eigenvalue weighted by atomic mass is 32.1. The molecule has 0 saturated heterocycles. The van der Waals surface area contributed by atoms with Crippen LogP contribution in [0.2, 0.25) is 0 Å². The molecule has 0 fully saturated rings. The fourth-order valence-corrected chi connectivity index (χ4v) is 2.74. The van der Waals surface area contributed by atoms with Gasteiger partial charge in [0.1, 0.15) is 0 Å². The fourth-order valence-electron chi connectivity index (χ4n) is 1.62. The van der Waals surface area contributed by atoms with Crippen LogP contribution in [0.1, 0.15) is 28.0 Å². The Morgan fingerprint density at radius 2 is 2.45 bits per heavy atom. The van der Waals surface area contributed by atoms with E-state index in [4.69, 9.17) is 0 Å². The summed E-state index contributed by atoms with van der Waals surface area (Å²) in [4.78, 5) is 5.93. The normalized spacial score (nSPS) is 22.2. The number of aryl methyl sites for hydroxylation is 2. The van der Waals surface area contributed by atoms with E-state index < -0.39 is 0 Å². The zero-order chi connectivity index (χ0) is 7.84. The summed E-state index contributed by atoms with van der Waals surface area (Å²) in [5.41, 5.74) is 1.33. The van der Waals surface area contributed by atoms with Crippen molar-refractivity contribution in [3.8, 4) is 0 Å². The molecule has 3 heteroatoms. The molecule has 1 aromatic rings. The van der Waals surface area contributed by atoms with Crippen molar-refractivity contribution in [1.29, 1.82) is 0 Å². The first-order chi connectivity index (χ1) is 5.31. The molecule has 0 amide bonds. The predicted octanol–water partition coefficient (Wildman–Crippen LogP) is 1.66. The number of nitrogens with zero attached hydrogens (tertiary/aromatic N) is 1. The van der Waals surface area contributed by atoms with E-state index in [0.29, 0.717) is 6.04 Å². The molecule has 1 atom stereocenters. The van der Waals surface area contributed by atoms with Crippen LogP contribution in [0.4, 0.5) is 0 Å². The summed E-state index contributed by atoms with van der Waals surface area (Å²) in [5, 5.41) is 4.51. The molecule has 1 aromatic heterocycles. The van der Waals surface area contributed by atoms with Crippen LogP contribution in [-0.4, -0.2) is 12.0 Å². The topological polar surface area (TPSA) is 24.9 Å². The molecule has 1 heterocycles. The molecule has 1 unspecified atom stereocenters. The van der Waals surface area contributed by atoms with Crippen LogP contribution in [-0.2, 0) is 6.42 Å². The van der Waals surface area contributed by atoms with E-state index in [9.17, 15) is 0 Å². The minimum Gasteiger partial charge on any atom is -0.312 e. The van der Waals surface area contributed by atoms with Gasteiger partial charge in [0.2, 0.25) is 0 Å². The Labute approximate surface area is 70.7 Å². The molecule has 2 rings (SSSR count). The van der Waals surface area contributed by atoms with Crippen LogP contribution in [0, 0.1) is 6.92 Å². The van der Waals surface area contributed by atoms with Gasteiger partial charge in [0.25, 0.3) is 0 Å². The first-order valence-corrected chi connectivity index (χ1v) is 4.76. The van der Waals surface area contributed by atoms with Gasteiger partial charge in [0, 0.05) is 10.9 Å². The van der Waals surface area contributed by atoms with Crippen LogP contribution >= 0.6 is 11.3 Å². The number of nitrogens with one attached hydrogen (secondary N) is 1. The summed E-state index contributed by atoms with van der Waals surface area (Å²) >= 11 is 1.84. The lowest BCUT2D eigenvalue weighted by Crippen LogP contribution is -2.11. The van der Waals surface area contributed by atoms with Crippen LogP contribution in [0.15, 0.2) is 0 Å². The van der Waals surface area contributed by atoms with Crippen LogP contribution in [0.5, 0.6) is 0 Å². The Kier molecular flexibility index (Phi) is 1.69. The van der Waals surface area contributed by atoms with E-state index in [1.807, 2.05) is 18.4 Å². The Hall–Kier alpha value is -0.410. The molecular formula is C8H12N2S. The standard InChI is InChI=1S/C8H12N2S/c1-5-10-7-4-3-6(9-2)8(7)11-5/h6,9H,3-4H2,1-2H3. The van der Waals surface area contributed by atoms with E-state index in [1.165, 1.54) is 22.0 Å². The number of fused-ring (bicyclic) bond motifs is 1. The third-order valence-corrected chi connectivity index (χ3v) is 3.30. The van der Waals surface area contributed by atoms with Crippen molar-refractivity contribution in [2.24, 2.45) is 0 Å². The first-order valence-electron chi connectivity index (χ1n) is 3.94. The molecule has 0 spiro atoms. The number of hydrogen-bond donors (Lipinski definition) is 1. The Bertz CT molecular complexity index is 267. The van der Waals surface area contributed by atoms with Gasteiger partial charge in [-0.3, -0.25) is 0 Å². The third-order valence-electron chi connectivity index (χ3n) is 2.17. The highest BCUT2D eigenvalue weighted by Crippen LogP contribution is 2.34. The Morgan fingerprint density at radius 1 is 1.64 bits per heavy atom. The largest absolute Gasteiger partial charge is 0.312 e. The summed E-state index contributed by atoms with van der Waals surface area (Å²) in [6, 6.07) is 0.580. The van der Waals surface area contributed by atoms with Crippen molar-refractivity contribution in [2.75, 3.05) is 7.05 Å². The third kappa shape index (κ3) is 1.08. The van der Waals surface area contributed by atoms with E-state index in [0.717, 1.165) is 6.42 Å². The lowest BCUT2D eigenvalue weighted by Gasteiger charge is -2.05. The average molecular weight is 168 g/mol. The SMILES string of the molecule is CNC1CCc2nc(C)sc21. The molecule has 60 valence electrons. The maximum Gasteiger partial charge on any atom is 0.0900 e. The summed E-state index contributed by atoms with van der Waals surface area (Å²) in [5.74, 6) is 0. The molecular weight excluding hydrogens is 156 g/mol. The number of rotatable bonds is 1. The minimum absolute atomic E-state index is 0.580. The lowest BCUT2D eigenvalue weighted by atomic mass is 10.3. The van der Waals surface area contributed by atoms with Crippen molar-refractivity contribution in [2.45, 2.75) is 25.8 Å². The molecule has 2 nitrogen and oxygen atoms in total. The zero-order valence-corrected chi connectivity index (χ0v) is 7.66. The summed E-state index contributed by atoms with van der Waals surface area (Å²) in [6.45, 7) is 2.08. The molecule has 0 aromatic carbocycles. The summed E-state index contributed by atoms with van der Waals surface area (Å²) < 4.78 is 0. The number of hydrogen-bond acceptors (Lipinski definition) is 3. The molecule has 0 aliphatic heterocycles. The Balaban J connectivity index is 2.37. The maximum absolute atomic E-state index is 4.47.